The predicted molar refractivity (Wildman–Crippen MR) is 162 cm³/mol. The second-order valence-electron chi connectivity index (χ2n) is 9.54. The van der Waals surface area contributed by atoms with E-state index in [-0.39, 0.29) is 30.6 Å². The van der Waals surface area contributed by atoms with Gasteiger partial charge in [-0.25, -0.2) is 8.42 Å². The van der Waals surface area contributed by atoms with Gasteiger partial charge < -0.3 is 10.2 Å². The molecule has 7 nitrogen and oxygen atoms in total. The van der Waals surface area contributed by atoms with E-state index in [1.165, 1.54) is 17.0 Å². The number of amides is 2. The average molecular weight is 625 g/mol. The molecular formula is C29H32Cl3N3O4S. The maximum Gasteiger partial charge on any atom is 0.244 e. The number of nitrogens with one attached hydrogen (secondary N) is 1. The van der Waals surface area contributed by atoms with Crippen molar-refractivity contribution in [3.05, 3.63) is 99.0 Å². The molecule has 3 aromatic rings. The number of rotatable bonds is 12. The monoisotopic (exact) mass is 623 g/mol. The Morgan fingerprint density at radius 2 is 1.55 bits per heavy atom. The van der Waals surface area contributed by atoms with Gasteiger partial charge in [0.05, 0.1) is 22.0 Å². The maximum atomic E-state index is 14.0. The predicted octanol–water partition coefficient (Wildman–Crippen LogP) is 5.97. The molecule has 0 aliphatic rings. The van der Waals surface area contributed by atoms with E-state index in [4.69, 9.17) is 34.8 Å². The van der Waals surface area contributed by atoms with Crippen molar-refractivity contribution >= 4 is 62.3 Å². The van der Waals surface area contributed by atoms with Crippen LogP contribution in [0.3, 0.4) is 0 Å². The maximum absolute atomic E-state index is 14.0. The summed E-state index contributed by atoms with van der Waals surface area (Å²) in [5.74, 6) is -0.907. The molecule has 0 saturated carbocycles. The normalized spacial score (nSPS) is 12.8. The number of sulfonamides is 1. The van der Waals surface area contributed by atoms with Gasteiger partial charge in [0.1, 0.15) is 12.6 Å². The number of carbonyl (C=O) groups is 2. The Morgan fingerprint density at radius 3 is 2.12 bits per heavy atom. The molecule has 11 heteroatoms. The van der Waals surface area contributed by atoms with E-state index in [2.05, 4.69) is 5.32 Å². The molecular weight excluding hydrogens is 593 g/mol. The van der Waals surface area contributed by atoms with Gasteiger partial charge >= 0.3 is 0 Å². The summed E-state index contributed by atoms with van der Waals surface area (Å²) in [7, 11) is -3.87. The van der Waals surface area contributed by atoms with Crippen LogP contribution in [0.1, 0.15) is 31.4 Å². The summed E-state index contributed by atoms with van der Waals surface area (Å²) in [5.41, 5.74) is 1.75. The number of halogens is 3. The first-order valence-corrected chi connectivity index (χ1v) is 15.7. The molecule has 0 aromatic heterocycles. The number of hydrogen-bond donors (Lipinski definition) is 1. The molecule has 0 spiro atoms. The highest BCUT2D eigenvalue weighted by Crippen LogP contribution is 2.25. The molecule has 3 rings (SSSR count). The van der Waals surface area contributed by atoms with Crippen LogP contribution in [-0.2, 0) is 32.6 Å². The molecule has 0 aliphatic heterocycles. The highest BCUT2D eigenvalue weighted by molar-refractivity contribution is 7.92. The fourth-order valence-electron chi connectivity index (χ4n) is 4.05. The smallest absolute Gasteiger partial charge is 0.244 e. The lowest BCUT2D eigenvalue weighted by Gasteiger charge is -2.34. The Labute approximate surface area is 251 Å². The number of benzene rings is 3. The zero-order chi connectivity index (χ0) is 29.4. The van der Waals surface area contributed by atoms with Crippen LogP contribution >= 0.6 is 34.8 Å². The minimum atomic E-state index is -3.87. The molecule has 2 atom stereocenters. The first-order valence-electron chi connectivity index (χ1n) is 12.7. The van der Waals surface area contributed by atoms with Crippen molar-refractivity contribution in [2.24, 2.45) is 0 Å². The highest BCUT2D eigenvalue weighted by atomic mass is 35.5. The highest BCUT2D eigenvalue weighted by Gasteiger charge is 2.33. The van der Waals surface area contributed by atoms with E-state index in [1.54, 1.807) is 30.3 Å². The SMILES string of the molecule is CC[C@@H](C)NC(=O)[C@H](Cc1ccccc1)N(Cc1ccc(Cl)c(Cl)c1)C(=O)CN(c1ccc(Cl)cc1)S(C)(=O)=O. The van der Waals surface area contributed by atoms with Crippen LogP contribution in [0, 0.1) is 0 Å². The van der Waals surface area contributed by atoms with Crippen LogP contribution in [0.5, 0.6) is 0 Å². The van der Waals surface area contributed by atoms with Gasteiger partial charge in [0, 0.05) is 24.0 Å². The lowest BCUT2D eigenvalue weighted by Crippen LogP contribution is -2.54. The van der Waals surface area contributed by atoms with Gasteiger partial charge in [0.15, 0.2) is 0 Å². The number of anilines is 1. The lowest BCUT2D eigenvalue weighted by atomic mass is 10.0. The summed E-state index contributed by atoms with van der Waals surface area (Å²) >= 11 is 18.4. The van der Waals surface area contributed by atoms with Crippen LogP contribution in [0.4, 0.5) is 5.69 Å². The van der Waals surface area contributed by atoms with E-state index in [0.717, 1.165) is 16.1 Å². The fourth-order valence-corrected chi connectivity index (χ4v) is 5.35. The molecule has 1 N–H and O–H groups in total. The quantitative estimate of drug-likeness (QED) is 0.269. The van der Waals surface area contributed by atoms with Crippen LogP contribution in [0.2, 0.25) is 15.1 Å². The van der Waals surface area contributed by atoms with Gasteiger partial charge in [0.2, 0.25) is 21.8 Å². The van der Waals surface area contributed by atoms with Gasteiger partial charge in [-0.05, 0) is 60.9 Å². The van der Waals surface area contributed by atoms with Gasteiger partial charge in [-0.3, -0.25) is 13.9 Å². The minimum Gasteiger partial charge on any atom is -0.352 e. The van der Waals surface area contributed by atoms with Gasteiger partial charge in [-0.15, -0.1) is 0 Å². The molecule has 0 fully saturated rings. The second kappa shape index (κ2) is 14.2. The summed E-state index contributed by atoms with van der Waals surface area (Å²) in [4.78, 5) is 29.1. The number of nitrogens with zero attached hydrogens (tertiary/aromatic N) is 2. The molecule has 2 amide bonds. The Balaban J connectivity index is 2.07. The van der Waals surface area contributed by atoms with Gasteiger partial charge in [-0.1, -0.05) is 78.1 Å². The molecule has 3 aromatic carbocycles. The zero-order valence-corrected chi connectivity index (χ0v) is 25.6. The van der Waals surface area contributed by atoms with Crippen molar-refractivity contribution in [1.29, 1.82) is 0 Å². The first kappa shape index (κ1) is 31.7. The lowest BCUT2D eigenvalue weighted by molar-refractivity contribution is -0.140. The second-order valence-corrected chi connectivity index (χ2v) is 12.7. The summed E-state index contributed by atoms with van der Waals surface area (Å²) in [6.45, 7) is 3.31. The molecule has 40 heavy (non-hydrogen) atoms. The Bertz CT molecular complexity index is 1420. The van der Waals surface area contributed by atoms with E-state index in [0.29, 0.717) is 27.1 Å². The van der Waals surface area contributed by atoms with Gasteiger partial charge in [-0.2, -0.15) is 0 Å². The van der Waals surface area contributed by atoms with Crippen LogP contribution < -0.4 is 9.62 Å². The minimum absolute atomic E-state index is 0.000627. The van der Waals surface area contributed by atoms with Crippen molar-refractivity contribution in [2.45, 2.75) is 45.3 Å². The van der Waals surface area contributed by atoms with Crippen molar-refractivity contribution in [3.63, 3.8) is 0 Å². The largest absolute Gasteiger partial charge is 0.352 e. The Kier molecular flexibility index (Phi) is 11.3. The third-order valence-electron chi connectivity index (χ3n) is 6.40. The average Bonchev–Trinajstić information content (AvgIpc) is 2.91. The van der Waals surface area contributed by atoms with Crippen molar-refractivity contribution in [1.82, 2.24) is 10.2 Å². The van der Waals surface area contributed by atoms with E-state index in [1.807, 2.05) is 44.2 Å². The summed E-state index contributed by atoms with van der Waals surface area (Å²) in [6, 6.07) is 19.4. The first-order chi connectivity index (χ1) is 18.9. The van der Waals surface area contributed by atoms with Crippen molar-refractivity contribution in [2.75, 3.05) is 17.1 Å². The molecule has 0 aliphatic carbocycles. The molecule has 0 radical (unpaired) electrons. The summed E-state index contributed by atoms with van der Waals surface area (Å²) in [5, 5.41) is 4.06. The van der Waals surface area contributed by atoms with Crippen molar-refractivity contribution < 1.29 is 18.0 Å². The van der Waals surface area contributed by atoms with Gasteiger partial charge in [0.25, 0.3) is 0 Å². The Hall–Kier alpha value is -2.78. The topological polar surface area (TPSA) is 86.8 Å². The standard InChI is InChI=1S/C29H32Cl3N3O4S/c1-4-20(2)33-29(37)27(17-21-8-6-5-7-9-21)34(18-22-10-15-25(31)26(32)16-22)28(36)19-35(40(3,38)39)24-13-11-23(30)12-14-24/h5-16,20,27H,4,17-19H2,1-3H3,(H,33,37)/t20-,27+/m1/s1. The van der Waals surface area contributed by atoms with Crippen LogP contribution in [0.15, 0.2) is 72.8 Å². The molecule has 214 valence electrons. The van der Waals surface area contributed by atoms with Crippen LogP contribution in [0.25, 0.3) is 0 Å². The van der Waals surface area contributed by atoms with E-state index < -0.39 is 28.5 Å². The third kappa shape index (κ3) is 8.86. The summed E-state index contributed by atoms with van der Waals surface area (Å²) < 4.78 is 26.6. The molecule has 0 saturated heterocycles. The summed E-state index contributed by atoms with van der Waals surface area (Å²) in [6.07, 6.45) is 1.94. The van der Waals surface area contributed by atoms with E-state index >= 15 is 0 Å². The molecule has 0 bridgehead atoms. The number of carbonyl (C=O) groups excluding carboxylic acids is 2. The van der Waals surface area contributed by atoms with Crippen molar-refractivity contribution in [3.8, 4) is 0 Å². The third-order valence-corrected chi connectivity index (χ3v) is 8.53. The molecule has 0 unspecified atom stereocenters. The van der Waals surface area contributed by atoms with Crippen LogP contribution in [-0.4, -0.2) is 50.0 Å². The number of hydrogen-bond acceptors (Lipinski definition) is 4. The molecule has 0 heterocycles. The Morgan fingerprint density at radius 1 is 0.900 bits per heavy atom. The fraction of sp³-hybridized carbons (Fsp3) is 0.310. The zero-order valence-electron chi connectivity index (χ0n) is 22.5. The van der Waals surface area contributed by atoms with E-state index in [9.17, 15) is 18.0 Å².